The summed E-state index contributed by atoms with van der Waals surface area (Å²) in [5, 5.41) is 19.9. The molecule has 3 rings (SSSR count). The second-order valence-corrected chi connectivity index (χ2v) is 7.27. The third-order valence-electron chi connectivity index (χ3n) is 5.21. The summed E-state index contributed by atoms with van der Waals surface area (Å²) in [6.45, 7) is 1.33. The molecule has 0 bridgehead atoms. The van der Waals surface area contributed by atoms with Crippen molar-refractivity contribution in [3.8, 4) is 0 Å². The lowest BCUT2D eigenvalue weighted by atomic mass is 9.90. The van der Waals surface area contributed by atoms with E-state index in [4.69, 9.17) is 5.41 Å². The number of benzene rings is 2. The molecule has 1 fully saturated rings. The number of hydrogen-bond acceptors (Lipinski definition) is 5. The van der Waals surface area contributed by atoms with Crippen molar-refractivity contribution >= 4 is 17.9 Å². The Morgan fingerprint density at radius 3 is 2.00 bits per heavy atom. The Kier molecular flexibility index (Phi) is 7.25. The number of hydrazine groups is 1. The summed E-state index contributed by atoms with van der Waals surface area (Å²) < 4.78 is 26.9. The van der Waals surface area contributed by atoms with E-state index in [9.17, 15) is 23.5 Å². The van der Waals surface area contributed by atoms with Gasteiger partial charge in [-0.3, -0.25) is 14.6 Å². The molecule has 0 saturated carbocycles. The van der Waals surface area contributed by atoms with Gasteiger partial charge < -0.3 is 10.5 Å². The zero-order valence-electron chi connectivity index (χ0n) is 16.8. The Morgan fingerprint density at radius 1 is 0.968 bits per heavy atom. The number of aliphatic hydroxyl groups excluding tert-OH is 1. The number of halogens is 2. The molecule has 31 heavy (non-hydrogen) atoms. The van der Waals surface area contributed by atoms with E-state index >= 15 is 0 Å². The predicted molar refractivity (Wildman–Crippen MR) is 112 cm³/mol. The molecule has 8 heteroatoms. The highest BCUT2D eigenvalue weighted by Gasteiger charge is 2.28. The highest BCUT2D eigenvalue weighted by atomic mass is 19.1. The third kappa shape index (κ3) is 5.61. The van der Waals surface area contributed by atoms with Crippen molar-refractivity contribution in [2.75, 3.05) is 19.6 Å². The fraction of sp³-hybridized carbons (Fsp3) is 0.261. The molecule has 0 unspecified atom stereocenters. The van der Waals surface area contributed by atoms with Crippen molar-refractivity contribution in [3.63, 3.8) is 0 Å². The molecule has 1 aliphatic rings. The van der Waals surface area contributed by atoms with Crippen LogP contribution >= 0.6 is 0 Å². The smallest absolute Gasteiger partial charge is 0.264 e. The molecule has 0 aliphatic carbocycles. The zero-order valence-corrected chi connectivity index (χ0v) is 16.8. The maximum Gasteiger partial charge on any atom is 0.264 e. The van der Waals surface area contributed by atoms with Gasteiger partial charge >= 0.3 is 0 Å². The SMILES string of the molecule is N=CC(=O)/C(O)=C/C(=O)N1CCCCN1CC(c1ccc(F)cc1)c1ccc(F)cc1. The molecule has 2 aromatic carbocycles. The molecule has 1 aliphatic heterocycles. The summed E-state index contributed by atoms with van der Waals surface area (Å²) in [5.41, 5.74) is 1.62. The van der Waals surface area contributed by atoms with Gasteiger partial charge in [-0.2, -0.15) is 0 Å². The summed E-state index contributed by atoms with van der Waals surface area (Å²) in [6, 6.07) is 12.1. The van der Waals surface area contributed by atoms with Crippen LogP contribution in [-0.4, -0.2) is 52.7 Å². The van der Waals surface area contributed by atoms with Gasteiger partial charge in [0.1, 0.15) is 11.6 Å². The normalized spacial score (nSPS) is 15.2. The molecule has 2 N–H and O–H groups in total. The lowest BCUT2D eigenvalue weighted by Crippen LogP contribution is -2.51. The van der Waals surface area contributed by atoms with Gasteiger partial charge in [0.2, 0.25) is 5.78 Å². The number of aliphatic hydroxyl groups is 1. The first-order chi connectivity index (χ1) is 14.9. The quantitative estimate of drug-likeness (QED) is 0.402. The van der Waals surface area contributed by atoms with Crippen LogP contribution in [0.25, 0.3) is 0 Å². The Morgan fingerprint density at radius 2 is 1.48 bits per heavy atom. The summed E-state index contributed by atoms with van der Waals surface area (Å²) in [7, 11) is 0. The number of nitrogens with one attached hydrogen (secondary N) is 1. The number of rotatable bonds is 7. The standard InChI is InChI=1S/C23H23F2N3O3/c24-18-7-3-16(4-8-18)20(17-5-9-19(25)10-6-17)15-27-11-1-2-12-28(27)23(31)13-21(29)22(30)14-26/h3-10,13-14,20,26,29H,1-2,11-12,15H2/b21-13-,26-14?. The van der Waals surface area contributed by atoms with Crippen LogP contribution in [0.3, 0.4) is 0 Å². The van der Waals surface area contributed by atoms with Crippen LogP contribution in [0, 0.1) is 17.0 Å². The van der Waals surface area contributed by atoms with E-state index in [1.54, 1.807) is 24.3 Å². The summed E-state index contributed by atoms with van der Waals surface area (Å²) in [4.78, 5) is 24.1. The minimum atomic E-state index is -0.951. The van der Waals surface area contributed by atoms with Gasteiger partial charge in [-0.25, -0.2) is 13.8 Å². The molecule has 0 atom stereocenters. The number of carbonyl (C=O) groups excluding carboxylic acids is 2. The van der Waals surface area contributed by atoms with Crippen LogP contribution in [-0.2, 0) is 9.59 Å². The molecule has 1 heterocycles. The molecule has 162 valence electrons. The zero-order chi connectivity index (χ0) is 22.4. The highest BCUT2D eigenvalue weighted by Crippen LogP contribution is 2.28. The Bertz CT molecular complexity index is 929. The van der Waals surface area contributed by atoms with Gasteiger partial charge in [-0.05, 0) is 48.2 Å². The van der Waals surface area contributed by atoms with E-state index in [0.717, 1.165) is 30.0 Å². The molecular formula is C23H23F2N3O3. The van der Waals surface area contributed by atoms with Crippen LogP contribution in [0.5, 0.6) is 0 Å². The van der Waals surface area contributed by atoms with Gasteiger partial charge in [0.25, 0.3) is 5.91 Å². The fourth-order valence-electron chi connectivity index (χ4n) is 3.60. The van der Waals surface area contributed by atoms with Gasteiger partial charge in [-0.15, -0.1) is 0 Å². The number of nitrogens with zero attached hydrogens (tertiary/aromatic N) is 2. The molecule has 1 saturated heterocycles. The fourth-order valence-corrected chi connectivity index (χ4v) is 3.60. The number of Topliss-reactive ketones (excluding diaryl/α,β-unsaturated/α-hetero) is 1. The average molecular weight is 427 g/mol. The average Bonchev–Trinajstić information content (AvgIpc) is 2.78. The number of amides is 1. The van der Waals surface area contributed by atoms with Crippen molar-refractivity contribution < 1.29 is 23.5 Å². The van der Waals surface area contributed by atoms with Crippen LogP contribution < -0.4 is 0 Å². The highest BCUT2D eigenvalue weighted by molar-refractivity contribution is 6.33. The van der Waals surface area contributed by atoms with E-state index in [1.807, 2.05) is 5.01 Å². The first-order valence-electron chi connectivity index (χ1n) is 9.92. The molecule has 2 aromatic rings. The lowest BCUT2D eigenvalue weighted by molar-refractivity contribution is -0.148. The first kappa shape index (κ1) is 22.3. The summed E-state index contributed by atoms with van der Waals surface area (Å²) in [5.74, 6) is -3.31. The van der Waals surface area contributed by atoms with Crippen LogP contribution in [0.15, 0.2) is 60.4 Å². The Balaban J connectivity index is 1.89. The van der Waals surface area contributed by atoms with Crippen molar-refractivity contribution in [2.24, 2.45) is 0 Å². The molecule has 0 radical (unpaired) electrons. The third-order valence-corrected chi connectivity index (χ3v) is 5.21. The topological polar surface area (TPSA) is 84.7 Å². The van der Waals surface area contributed by atoms with Gasteiger partial charge in [-0.1, -0.05) is 24.3 Å². The second kappa shape index (κ2) is 10.1. The van der Waals surface area contributed by atoms with Gasteiger partial charge in [0, 0.05) is 25.6 Å². The molecule has 1 amide bonds. The molecule has 6 nitrogen and oxygen atoms in total. The van der Waals surface area contributed by atoms with E-state index in [1.165, 1.54) is 29.3 Å². The number of carbonyl (C=O) groups is 2. The van der Waals surface area contributed by atoms with Crippen molar-refractivity contribution in [2.45, 2.75) is 18.8 Å². The van der Waals surface area contributed by atoms with Gasteiger partial charge in [0.05, 0.1) is 12.3 Å². The maximum atomic E-state index is 13.5. The van der Waals surface area contributed by atoms with E-state index < -0.39 is 17.4 Å². The number of allylic oxidation sites excluding steroid dienone is 1. The van der Waals surface area contributed by atoms with Crippen LogP contribution in [0.2, 0.25) is 0 Å². The number of hydrogen-bond donors (Lipinski definition) is 2. The first-order valence-corrected chi connectivity index (χ1v) is 9.92. The Labute approximate surface area is 178 Å². The number of ketones is 1. The predicted octanol–water partition coefficient (Wildman–Crippen LogP) is 3.60. The largest absolute Gasteiger partial charge is 0.504 e. The minimum Gasteiger partial charge on any atom is -0.504 e. The van der Waals surface area contributed by atoms with Crippen molar-refractivity contribution in [3.05, 3.63) is 83.1 Å². The van der Waals surface area contributed by atoms with Crippen molar-refractivity contribution in [1.82, 2.24) is 10.0 Å². The minimum absolute atomic E-state index is 0.268. The molecular weight excluding hydrogens is 404 g/mol. The summed E-state index contributed by atoms with van der Waals surface area (Å²) in [6.07, 6.45) is 2.86. The monoisotopic (exact) mass is 427 g/mol. The van der Waals surface area contributed by atoms with E-state index in [2.05, 4.69) is 0 Å². The van der Waals surface area contributed by atoms with E-state index in [-0.39, 0.29) is 17.6 Å². The second-order valence-electron chi connectivity index (χ2n) is 7.27. The van der Waals surface area contributed by atoms with Crippen molar-refractivity contribution in [1.29, 1.82) is 5.41 Å². The van der Waals surface area contributed by atoms with E-state index in [0.29, 0.717) is 25.8 Å². The Hall–Kier alpha value is -3.39. The van der Waals surface area contributed by atoms with Gasteiger partial charge in [0.15, 0.2) is 5.76 Å². The van der Waals surface area contributed by atoms with Crippen LogP contribution in [0.1, 0.15) is 29.9 Å². The molecule has 0 spiro atoms. The van der Waals surface area contributed by atoms with Crippen LogP contribution in [0.4, 0.5) is 8.78 Å². The lowest BCUT2D eigenvalue weighted by Gasteiger charge is -2.40. The summed E-state index contributed by atoms with van der Waals surface area (Å²) >= 11 is 0. The molecule has 0 aromatic heterocycles. The maximum absolute atomic E-state index is 13.5.